The standard InChI is InChI=1S/C14H19NO4/c1-4-9(3)12(14(18)19)15-13(17)10-7-8(2)5-6-11(10)16/h5-7,9,12,16H,4H2,1-3H3,(H,15,17)(H,18,19)/t9?,12-/m0/s1. The van der Waals surface area contributed by atoms with Gasteiger partial charge in [-0.1, -0.05) is 31.9 Å². The normalized spacial score (nSPS) is 13.6. The molecule has 0 bridgehead atoms. The predicted octanol–water partition coefficient (Wildman–Crippen LogP) is 1.93. The Bertz CT molecular complexity index is 484. The number of carbonyl (C=O) groups excluding carboxylic acids is 1. The van der Waals surface area contributed by atoms with Crippen LogP contribution in [0.25, 0.3) is 0 Å². The summed E-state index contributed by atoms with van der Waals surface area (Å²) in [5.74, 6) is -1.99. The van der Waals surface area contributed by atoms with Crippen LogP contribution >= 0.6 is 0 Å². The number of hydrogen-bond donors (Lipinski definition) is 3. The Labute approximate surface area is 112 Å². The van der Waals surface area contributed by atoms with E-state index in [0.29, 0.717) is 6.42 Å². The smallest absolute Gasteiger partial charge is 0.326 e. The molecule has 0 aromatic heterocycles. The van der Waals surface area contributed by atoms with Crippen molar-refractivity contribution in [2.45, 2.75) is 33.2 Å². The molecule has 1 amide bonds. The second-order valence-corrected chi connectivity index (χ2v) is 4.70. The van der Waals surface area contributed by atoms with E-state index < -0.39 is 17.9 Å². The van der Waals surface area contributed by atoms with E-state index in [9.17, 15) is 14.7 Å². The zero-order valence-corrected chi connectivity index (χ0v) is 11.3. The van der Waals surface area contributed by atoms with Gasteiger partial charge in [-0.25, -0.2) is 4.79 Å². The number of carboxylic acid groups (broad SMARTS) is 1. The lowest BCUT2D eigenvalue weighted by Gasteiger charge is -2.20. The van der Waals surface area contributed by atoms with Crippen LogP contribution in [-0.4, -0.2) is 28.1 Å². The minimum Gasteiger partial charge on any atom is -0.507 e. The molecule has 0 heterocycles. The third-order valence-electron chi connectivity index (χ3n) is 3.16. The van der Waals surface area contributed by atoms with Crippen molar-refractivity contribution in [3.8, 4) is 5.75 Å². The number of phenols is 1. The fourth-order valence-corrected chi connectivity index (χ4v) is 1.73. The molecule has 0 spiro atoms. The van der Waals surface area contributed by atoms with Crippen LogP contribution < -0.4 is 5.32 Å². The molecule has 19 heavy (non-hydrogen) atoms. The molecular weight excluding hydrogens is 246 g/mol. The van der Waals surface area contributed by atoms with Crippen molar-refractivity contribution in [2.24, 2.45) is 5.92 Å². The van der Waals surface area contributed by atoms with Gasteiger partial charge in [-0.15, -0.1) is 0 Å². The van der Waals surface area contributed by atoms with Crippen molar-refractivity contribution in [3.05, 3.63) is 29.3 Å². The molecule has 1 rings (SSSR count). The first-order valence-electron chi connectivity index (χ1n) is 6.20. The first-order valence-corrected chi connectivity index (χ1v) is 6.20. The second-order valence-electron chi connectivity index (χ2n) is 4.70. The lowest BCUT2D eigenvalue weighted by molar-refractivity contribution is -0.140. The summed E-state index contributed by atoms with van der Waals surface area (Å²) in [4.78, 5) is 23.2. The Kier molecular flexibility index (Phi) is 4.92. The van der Waals surface area contributed by atoms with E-state index in [1.807, 2.05) is 6.92 Å². The van der Waals surface area contributed by atoms with Gasteiger partial charge < -0.3 is 15.5 Å². The van der Waals surface area contributed by atoms with Gasteiger partial charge in [0.1, 0.15) is 11.8 Å². The molecule has 1 aromatic rings. The van der Waals surface area contributed by atoms with Crippen LogP contribution in [0, 0.1) is 12.8 Å². The van der Waals surface area contributed by atoms with Crippen molar-refractivity contribution in [1.29, 1.82) is 0 Å². The van der Waals surface area contributed by atoms with E-state index in [-0.39, 0.29) is 17.2 Å². The van der Waals surface area contributed by atoms with Gasteiger partial charge in [0.25, 0.3) is 5.91 Å². The molecule has 2 atom stereocenters. The van der Waals surface area contributed by atoms with Gasteiger partial charge in [0.15, 0.2) is 0 Å². The van der Waals surface area contributed by atoms with Crippen LogP contribution in [0.5, 0.6) is 5.75 Å². The largest absolute Gasteiger partial charge is 0.507 e. The number of phenolic OH excluding ortho intramolecular Hbond substituents is 1. The molecule has 5 heteroatoms. The summed E-state index contributed by atoms with van der Waals surface area (Å²) >= 11 is 0. The fourth-order valence-electron chi connectivity index (χ4n) is 1.73. The third kappa shape index (κ3) is 3.71. The maximum atomic E-state index is 12.0. The minimum absolute atomic E-state index is 0.0922. The van der Waals surface area contributed by atoms with Crippen molar-refractivity contribution < 1.29 is 19.8 Å². The van der Waals surface area contributed by atoms with E-state index in [0.717, 1.165) is 5.56 Å². The Hall–Kier alpha value is -2.04. The van der Waals surface area contributed by atoms with E-state index in [4.69, 9.17) is 5.11 Å². The molecule has 0 aliphatic heterocycles. The Balaban J connectivity index is 2.94. The highest BCUT2D eigenvalue weighted by molar-refractivity contribution is 5.99. The number of aromatic hydroxyl groups is 1. The third-order valence-corrected chi connectivity index (χ3v) is 3.16. The summed E-state index contributed by atoms with van der Waals surface area (Å²) in [6.45, 7) is 5.41. The SMILES string of the molecule is CCC(C)[C@H](NC(=O)c1cc(C)ccc1O)C(=O)O. The van der Waals surface area contributed by atoms with Crippen LogP contribution in [0.1, 0.15) is 36.2 Å². The zero-order chi connectivity index (χ0) is 14.6. The summed E-state index contributed by atoms with van der Waals surface area (Å²) < 4.78 is 0. The highest BCUT2D eigenvalue weighted by Crippen LogP contribution is 2.19. The molecule has 0 fully saturated rings. The quantitative estimate of drug-likeness (QED) is 0.759. The highest BCUT2D eigenvalue weighted by atomic mass is 16.4. The van der Waals surface area contributed by atoms with Gasteiger partial charge in [0, 0.05) is 0 Å². The van der Waals surface area contributed by atoms with Crippen LogP contribution in [0.2, 0.25) is 0 Å². The zero-order valence-electron chi connectivity index (χ0n) is 11.3. The Morgan fingerprint density at radius 1 is 1.37 bits per heavy atom. The molecule has 5 nitrogen and oxygen atoms in total. The number of carbonyl (C=O) groups is 2. The Morgan fingerprint density at radius 2 is 2.00 bits per heavy atom. The number of benzene rings is 1. The molecular formula is C14H19NO4. The van der Waals surface area contributed by atoms with Gasteiger partial charge >= 0.3 is 5.97 Å². The van der Waals surface area contributed by atoms with Crippen molar-refractivity contribution in [1.82, 2.24) is 5.32 Å². The second kappa shape index (κ2) is 6.22. The van der Waals surface area contributed by atoms with Gasteiger partial charge in [-0.05, 0) is 25.0 Å². The molecule has 1 unspecified atom stereocenters. The molecule has 0 aliphatic carbocycles. The van der Waals surface area contributed by atoms with E-state index in [2.05, 4.69) is 5.32 Å². The van der Waals surface area contributed by atoms with Crippen LogP contribution in [0.3, 0.4) is 0 Å². The predicted molar refractivity (Wildman–Crippen MR) is 71.2 cm³/mol. The van der Waals surface area contributed by atoms with Gasteiger partial charge in [-0.3, -0.25) is 4.79 Å². The number of carboxylic acids is 1. The van der Waals surface area contributed by atoms with E-state index in [1.54, 1.807) is 19.9 Å². The fraction of sp³-hybridized carbons (Fsp3) is 0.429. The van der Waals surface area contributed by atoms with Crippen LogP contribution in [-0.2, 0) is 4.79 Å². The van der Waals surface area contributed by atoms with E-state index in [1.165, 1.54) is 12.1 Å². The summed E-state index contributed by atoms with van der Waals surface area (Å²) in [6, 6.07) is 3.66. The number of nitrogens with one attached hydrogen (secondary N) is 1. The van der Waals surface area contributed by atoms with Gasteiger partial charge in [-0.2, -0.15) is 0 Å². The number of aliphatic carboxylic acids is 1. The lowest BCUT2D eigenvalue weighted by atomic mass is 9.98. The van der Waals surface area contributed by atoms with Crippen LogP contribution in [0.4, 0.5) is 0 Å². The van der Waals surface area contributed by atoms with Crippen molar-refractivity contribution in [3.63, 3.8) is 0 Å². The highest BCUT2D eigenvalue weighted by Gasteiger charge is 2.26. The average molecular weight is 265 g/mol. The average Bonchev–Trinajstić information content (AvgIpc) is 2.37. The molecule has 3 N–H and O–H groups in total. The lowest BCUT2D eigenvalue weighted by Crippen LogP contribution is -2.45. The van der Waals surface area contributed by atoms with Crippen molar-refractivity contribution in [2.75, 3.05) is 0 Å². The molecule has 1 aromatic carbocycles. The summed E-state index contributed by atoms with van der Waals surface area (Å²) in [5.41, 5.74) is 0.910. The topological polar surface area (TPSA) is 86.6 Å². The number of aryl methyl sites for hydroxylation is 1. The molecule has 0 aliphatic rings. The maximum absolute atomic E-state index is 12.0. The summed E-state index contributed by atoms with van der Waals surface area (Å²) in [5, 5.41) is 21.2. The number of rotatable bonds is 5. The Morgan fingerprint density at radius 3 is 2.53 bits per heavy atom. The molecule has 0 saturated carbocycles. The maximum Gasteiger partial charge on any atom is 0.326 e. The molecule has 0 saturated heterocycles. The van der Waals surface area contributed by atoms with Crippen molar-refractivity contribution >= 4 is 11.9 Å². The first kappa shape index (κ1) is 15.0. The van der Waals surface area contributed by atoms with E-state index >= 15 is 0 Å². The minimum atomic E-state index is -1.07. The first-order chi connectivity index (χ1) is 8.86. The molecule has 0 radical (unpaired) electrons. The number of amides is 1. The molecule has 104 valence electrons. The van der Waals surface area contributed by atoms with Gasteiger partial charge in [0.05, 0.1) is 5.56 Å². The van der Waals surface area contributed by atoms with Crippen LogP contribution in [0.15, 0.2) is 18.2 Å². The monoisotopic (exact) mass is 265 g/mol. The number of hydrogen-bond acceptors (Lipinski definition) is 3. The van der Waals surface area contributed by atoms with Gasteiger partial charge in [0.2, 0.25) is 0 Å². The summed E-state index contributed by atoms with van der Waals surface area (Å²) in [7, 11) is 0. The summed E-state index contributed by atoms with van der Waals surface area (Å²) in [6.07, 6.45) is 0.636.